The van der Waals surface area contributed by atoms with Gasteiger partial charge in [-0.05, 0) is 42.7 Å². The Morgan fingerprint density at radius 3 is 2.76 bits per heavy atom. The number of fused-ring (bicyclic) bond motifs is 1. The van der Waals surface area contributed by atoms with Gasteiger partial charge in [-0.3, -0.25) is 5.10 Å². The van der Waals surface area contributed by atoms with Crippen molar-refractivity contribution in [3.05, 3.63) is 41.2 Å². The van der Waals surface area contributed by atoms with Crippen LogP contribution in [0.1, 0.15) is 51.7 Å². The van der Waals surface area contributed by atoms with Crippen LogP contribution in [-0.2, 0) is 0 Å². The van der Waals surface area contributed by atoms with Crippen LogP contribution in [-0.4, -0.2) is 33.3 Å². The molecule has 1 atom stereocenters. The van der Waals surface area contributed by atoms with E-state index >= 15 is 0 Å². The number of aliphatic hydroxyl groups excluding tert-OH is 1. The first-order chi connectivity index (χ1) is 11.8. The van der Waals surface area contributed by atoms with E-state index in [0.29, 0.717) is 10.9 Å². The third-order valence-electron chi connectivity index (χ3n) is 5.95. The Kier molecular flexibility index (Phi) is 5.12. The molecular weight excluding hydrogens is 334 g/mol. The number of aliphatic hydroxyl groups is 1. The van der Waals surface area contributed by atoms with Gasteiger partial charge in [-0.1, -0.05) is 39.0 Å². The average Bonchev–Trinajstić information content (AvgIpc) is 3.08. The predicted molar refractivity (Wildman–Crippen MR) is 104 cm³/mol. The van der Waals surface area contributed by atoms with E-state index in [4.69, 9.17) is 11.6 Å². The second-order valence-corrected chi connectivity index (χ2v) is 8.17. The number of aromatic nitrogens is 2. The van der Waals surface area contributed by atoms with Crippen LogP contribution in [0.15, 0.2) is 30.6 Å². The number of benzene rings is 1. The van der Waals surface area contributed by atoms with Crippen molar-refractivity contribution in [3.63, 3.8) is 0 Å². The highest BCUT2D eigenvalue weighted by molar-refractivity contribution is 6.31. The molecule has 0 aliphatic carbocycles. The van der Waals surface area contributed by atoms with Crippen LogP contribution < -0.4 is 0 Å². The molecule has 4 nitrogen and oxygen atoms in total. The fraction of sp³-hybridized carbons (Fsp3) is 0.550. The SMILES string of the molecule is C=C(CC)N1CCC(C(C)(C)C(O)c2cc(Cl)cc3cn[nH]c23)CC1. The highest BCUT2D eigenvalue weighted by Crippen LogP contribution is 2.46. The van der Waals surface area contributed by atoms with Crippen molar-refractivity contribution in [1.29, 1.82) is 0 Å². The Morgan fingerprint density at radius 2 is 2.12 bits per heavy atom. The van der Waals surface area contributed by atoms with Crippen LogP contribution >= 0.6 is 11.6 Å². The van der Waals surface area contributed by atoms with Crippen molar-refractivity contribution >= 4 is 22.5 Å². The van der Waals surface area contributed by atoms with E-state index in [-0.39, 0.29) is 5.41 Å². The summed E-state index contributed by atoms with van der Waals surface area (Å²) in [6.07, 6.45) is 4.28. The number of rotatable bonds is 5. The van der Waals surface area contributed by atoms with Gasteiger partial charge in [0.1, 0.15) is 0 Å². The number of hydrogen-bond donors (Lipinski definition) is 2. The quantitative estimate of drug-likeness (QED) is 0.795. The van der Waals surface area contributed by atoms with E-state index in [1.165, 1.54) is 5.70 Å². The molecule has 2 N–H and O–H groups in total. The van der Waals surface area contributed by atoms with Gasteiger partial charge in [0.2, 0.25) is 0 Å². The summed E-state index contributed by atoms with van der Waals surface area (Å²) in [4.78, 5) is 2.38. The first kappa shape index (κ1) is 18.3. The maximum absolute atomic E-state index is 11.2. The lowest BCUT2D eigenvalue weighted by molar-refractivity contribution is -0.0152. The molecule has 1 aromatic heterocycles. The second-order valence-electron chi connectivity index (χ2n) is 7.73. The minimum absolute atomic E-state index is 0.248. The number of allylic oxidation sites excluding steroid dienone is 1. The van der Waals surface area contributed by atoms with Crippen LogP contribution in [0.2, 0.25) is 5.02 Å². The van der Waals surface area contributed by atoms with Gasteiger partial charge in [-0.25, -0.2) is 0 Å². The van der Waals surface area contributed by atoms with Gasteiger partial charge in [0.25, 0.3) is 0 Å². The van der Waals surface area contributed by atoms with Crippen molar-refractivity contribution in [2.45, 2.75) is 46.1 Å². The monoisotopic (exact) mass is 361 g/mol. The highest BCUT2D eigenvalue weighted by atomic mass is 35.5. The molecule has 0 saturated carbocycles. The molecule has 3 rings (SSSR count). The van der Waals surface area contributed by atoms with Crippen molar-refractivity contribution in [2.24, 2.45) is 11.3 Å². The summed E-state index contributed by atoms with van der Waals surface area (Å²) in [5, 5.41) is 19.9. The first-order valence-electron chi connectivity index (χ1n) is 9.08. The van der Waals surface area contributed by atoms with Crippen LogP contribution in [0.25, 0.3) is 10.9 Å². The topological polar surface area (TPSA) is 52.1 Å². The molecule has 2 aromatic rings. The fourth-order valence-electron chi connectivity index (χ4n) is 4.05. The average molecular weight is 362 g/mol. The smallest absolute Gasteiger partial charge is 0.0864 e. The van der Waals surface area contributed by atoms with Crippen LogP contribution in [0.5, 0.6) is 0 Å². The summed E-state index contributed by atoms with van der Waals surface area (Å²) in [6.45, 7) is 12.7. The summed E-state index contributed by atoms with van der Waals surface area (Å²) in [6, 6.07) is 3.74. The number of H-pyrrole nitrogens is 1. The zero-order valence-electron chi connectivity index (χ0n) is 15.3. The maximum Gasteiger partial charge on any atom is 0.0864 e. The van der Waals surface area contributed by atoms with E-state index in [0.717, 1.165) is 48.8 Å². The number of nitrogens with zero attached hydrogens (tertiary/aromatic N) is 2. The third-order valence-corrected chi connectivity index (χ3v) is 6.16. The number of likely N-dealkylation sites (tertiary alicyclic amines) is 1. The first-order valence-corrected chi connectivity index (χ1v) is 9.45. The van der Waals surface area contributed by atoms with Crippen LogP contribution in [0.3, 0.4) is 0 Å². The molecule has 0 bridgehead atoms. The van der Waals surface area contributed by atoms with Gasteiger partial charge in [0.15, 0.2) is 0 Å². The molecule has 25 heavy (non-hydrogen) atoms. The molecule has 5 heteroatoms. The summed E-state index contributed by atoms with van der Waals surface area (Å²) in [5.41, 5.74) is 2.68. The normalized spacial score (nSPS) is 17.9. The molecular formula is C20H28ClN3O. The van der Waals surface area contributed by atoms with Gasteiger partial charge >= 0.3 is 0 Å². The second kappa shape index (κ2) is 7.00. The summed E-state index contributed by atoms with van der Waals surface area (Å²) in [5.74, 6) is 0.445. The minimum atomic E-state index is -0.597. The van der Waals surface area contributed by atoms with Crippen molar-refractivity contribution < 1.29 is 5.11 Å². The molecule has 1 aromatic carbocycles. The third kappa shape index (κ3) is 3.42. The summed E-state index contributed by atoms with van der Waals surface area (Å²) < 4.78 is 0. The lowest BCUT2D eigenvalue weighted by Crippen LogP contribution is -2.40. The number of nitrogens with one attached hydrogen (secondary N) is 1. The van der Waals surface area contributed by atoms with E-state index < -0.39 is 6.10 Å². The number of hydrogen-bond acceptors (Lipinski definition) is 3. The zero-order valence-corrected chi connectivity index (χ0v) is 16.1. The van der Waals surface area contributed by atoms with Crippen LogP contribution in [0.4, 0.5) is 0 Å². The van der Waals surface area contributed by atoms with Gasteiger partial charge in [-0.2, -0.15) is 5.10 Å². The molecule has 1 aliphatic heterocycles. The Bertz CT molecular complexity index is 759. The molecule has 1 aliphatic rings. The van der Waals surface area contributed by atoms with Gasteiger partial charge < -0.3 is 10.0 Å². The Balaban J connectivity index is 1.82. The summed E-state index contributed by atoms with van der Waals surface area (Å²) in [7, 11) is 0. The molecule has 0 amide bonds. The fourth-order valence-corrected chi connectivity index (χ4v) is 4.29. The van der Waals surface area contributed by atoms with Crippen LogP contribution in [0, 0.1) is 11.3 Å². The zero-order chi connectivity index (χ0) is 18.2. The minimum Gasteiger partial charge on any atom is -0.388 e. The molecule has 1 unspecified atom stereocenters. The molecule has 2 heterocycles. The predicted octanol–water partition coefficient (Wildman–Crippen LogP) is 4.91. The van der Waals surface area contributed by atoms with Crippen molar-refractivity contribution in [3.8, 4) is 0 Å². The van der Waals surface area contributed by atoms with Crippen molar-refractivity contribution in [1.82, 2.24) is 15.1 Å². The molecule has 0 radical (unpaired) electrons. The highest BCUT2D eigenvalue weighted by Gasteiger charge is 2.39. The van der Waals surface area contributed by atoms with E-state index in [1.807, 2.05) is 12.1 Å². The maximum atomic E-state index is 11.2. The number of aromatic amines is 1. The Hall–Kier alpha value is -1.52. The number of piperidine rings is 1. The molecule has 1 fully saturated rings. The largest absolute Gasteiger partial charge is 0.388 e. The summed E-state index contributed by atoms with van der Waals surface area (Å²) >= 11 is 6.26. The van der Waals surface area contributed by atoms with Gasteiger partial charge in [0.05, 0.1) is 17.8 Å². The lowest BCUT2D eigenvalue weighted by Gasteiger charge is -2.44. The van der Waals surface area contributed by atoms with E-state index in [9.17, 15) is 5.11 Å². The van der Waals surface area contributed by atoms with E-state index in [1.54, 1.807) is 6.20 Å². The Morgan fingerprint density at radius 1 is 1.44 bits per heavy atom. The van der Waals surface area contributed by atoms with Crippen molar-refractivity contribution in [2.75, 3.05) is 13.1 Å². The lowest BCUT2D eigenvalue weighted by atomic mass is 9.68. The van der Waals surface area contributed by atoms with E-state index in [2.05, 4.69) is 42.4 Å². The molecule has 136 valence electrons. The van der Waals surface area contributed by atoms with Gasteiger partial charge in [-0.15, -0.1) is 0 Å². The number of halogens is 1. The standard InChI is InChI=1S/C20H28ClN3O/c1-5-13(2)24-8-6-15(7-9-24)20(3,4)19(25)17-11-16(21)10-14-12-22-23-18(14)17/h10-12,15,19,25H,2,5-9H2,1,3-4H3,(H,22,23). The molecule has 0 spiro atoms. The Labute approximate surface area is 154 Å². The molecule has 1 saturated heterocycles. The van der Waals surface area contributed by atoms with Gasteiger partial charge in [0, 0.05) is 34.8 Å².